The van der Waals surface area contributed by atoms with Gasteiger partial charge in [-0.3, -0.25) is 15.8 Å². The van der Waals surface area contributed by atoms with Crippen LogP contribution in [-0.2, 0) is 6.54 Å². The number of anilines is 3. The largest absolute Gasteiger partial charge is 0.505 e. The Morgan fingerprint density at radius 3 is 2.16 bits per heavy atom. The number of para-hydroxylation sites is 2. The number of aromatic hydroxyl groups is 1. The minimum absolute atomic E-state index is 0.00395. The van der Waals surface area contributed by atoms with Crippen LogP contribution in [0, 0.1) is 6.92 Å². The fourth-order valence-electron chi connectivity index (χ4n) is 2.99. The van der Waals surface area contributed by atoms with E-state index in [2.05, 4.69) is 10.9 Å². The van der Waals surface area contributed by atoms with Crippen LogP contribution >= 0.6 is 0 Å². The Hall–Kier alpha value is -2.48. The van der Waals surface area contributed by atoms with Crippen LogP contribution in [0.15, 0.2) is 36.4 Å². The summed E-state index contributed by atoms with van der Waals surface area (Å²) in [6.45, 7) is 3.30. The molecule has 0 unspecified atom stereocenters. The quantitative estimate of drug-likeness (QED) is 0.522. The third-order valence-electron chi connectivity index (χ3n) is 4.17. The fourth-order valence-corrected chi connectivity index (χ4v) is 2.99. The predicted octanol–water partition coefficient (Wildman–Crippen LogP) is 1.66. The van der Waals surface area contributed by atoms with Crippen molar-refractivity contribution >= 4 is 17.1 Å². The molecular formula is C18H24N4O3. The number of hydrogen-bond acceptors (Lipinski definition) is 7. The maximum Gasteiger partial charge on any atom is 0.147 e. The van der Waals surface area contributed by atoms with Crippen LogP contribution in [0.4, 0.5) is 17.1 Å². The van der Waals surface area contributed by atoms with E-state index in [1.807, 2.05) is 48.2 Å². The number of phenols is 1. The van der Waals surface area contributed by atoms with Crippen LogP contribution in [0.3, 0.4) is 0 Å². The van der Waals surface area contributed by atoms with Gasteiger partial charge < -0.3 is 15.3 Å². The van der Waals surface area contributed by atoms with E-state index >= 15 is 0 Å². The molecule has 1 heterocycles. The molecule has 0 bridgehead atoms. The summed E-state index contributed by atoms with van der Waals surface area (Å²) in [6.07, 6.45) is 0. The lowest BCUT2D eigenvalue weighted by Crippen LogP contribution is -2.31. The summed E-state index contributed by atoms with van der Waals surface area (Å²) in [5, 5.41) is 30.8. The van der Waals surface area contributed by atoms with Gasteiger partial charge in [-0.15, -0.1) is 0 Å². The SMILES string of the molecule is Cc1cc(CN(CCO)CCO)c(O)c(N2Nc3ccccc3N2)c1. The van der Waals surface area contributed by atoms with Crippen molar-refractivity contribution in [2.75, 3.05) is 42.3 Å². The Morgan fingerprint density at radius 1 is 1.00 bits per heavy atom. The number of nitrogens with one attached hydrogen (secondary N) is 2. The van der Waals surface area contributed by atoms with Crippen molar-refractivity contribution in [2.24, 2.45) is 0 Å². The van der Waals surface area contributed by atoms with E-state index < -0.39 is 0 Å². The highest BCUT2D eigenvalue weighted by Gasteiger charge is 2.22. The molecule has 0 aliphatic carbocycles. The van der Waals surface area contributed by atoms with Gasteiger partial charge in [-0.25, -0.2) is 0 Å². The average molecular weight is 344 g/mol. The molecule has 7 heteroatoms. The Balaban J connectivity index is 1.85. The Kier molecular flexibility index (Phi) is 5.28. The van der Waals surface area contributed by atoms with Gasteiger partial charge in [-0.05, 0) is 30.7 Å². The maximum absolute atomic E-state index is 10.8. The monoisotopic (exact) mass is 344 g/mol. The molecule has 1 aliphatic heterocycles. The highest BCUT2D eigenvalue weighted by Crippen LogP contribution is 2.37. The number of rotatable bonds is 7. The van der Waals surface area contributed by atoms with Crippen LogP contribution in [0.5, 0.6) is 5.75 Å². The minimum atomic E-state index is 0.00395. The van der Waals surface area contributed by atoms with Gasteiger partial charge in [0.1, 0.15) is 11.4 Å². The summed E-state index contributed by atoms with van der Waals surface area (Å²) in [6, 6.07) is 11.6. The van der Waals surface area contributed by atoms with Crippen molar-refractivity contribution in [3.63, 3.8) is 0 Å². The number of fused-ring (bicyclic) bond motifs is 1. The highest BCUT2D eigenvalue weighted by molar-refractivity contribution is 5.81. The minimum Gasteiger partial charge on any atom is -0.505 e. The number of aliphatic hydroxyl groups excluding tert-OH is 2. The Morgan fingerprint density at radius 2 is 1.60 bits per heavy atom. The summed E-state index contributed by atoms with van der Waals surface area (Å²) < 4.78 is 0. The zero-order valence-corrected chi connectivity index (χ0v) is 14.2. The van der Waals surface area contributed by atoms with Crippen LogP contribution < -0.4 is 16.0 Å². The molecular weight excluding hydrogens is 320 g/mol. The number of aliphatic hydroxyl groups is 2. The molecule has 7 nitrogen and oxygen atoms in total. The lowest BCUT2D eigenvalue weighted by Gasteiger charge is -2.25. The summed E-state index contributed by atoms with van der Waals surface area (Å²) in [4.78, 5) is 1.90. The molecule has 25 heavy (non-hydrogen) atoms. The summed E-state index contributed by atoms with van der Waals surface area (Å²) in [5.74, 6) is 0.166. The first-order valence-electron chi connectivity index (χ1n) is 8.31. The molecule has 2 aromatic rings. The van der Waals surface area contributed by atoms with E-state index in [1.54, 1.807) is 5.12 Å². The van der Waals surface area contributed by atoms with Crippen molar-refractivity contribution < 1.29 is 15.3 Å². The van der Waals surface area contributed by atoms with Gasteiger partial charge in [0, 0.05) is 25.2 Å². The maximum atomic E-state index is 10.8. The van der Waals surface area contributed by atoms with Gasteiger partial charge >= 0.3 is 0 Å². The molecule has 0 amide bonds. The van der Waals surface area contributed by atoms with Crippen LogP contribution in [0.25, 0.3) is 0 Å². The lowest BCUT2D eigenvalue weighted by molar-refractivity contribution is 0.155. The predicted molar refractivity (Wildman–Crippen MR) is 98.5 cm³/mol. The molecule has 3 rings (SSSR count). The second kappa shape index (κ2) is 7.60. The standard InChI is InChI=1S/C18H24N4O3/c1-13-10-14(12-21(6-8-23)7-9-24)18(25)17(11-13)22-19-15-4-2-3-5-16(15)20-22/h2-5,10-11,19-20,23-25H,6-9,12H2,1H3. The molecule has 134 valence electrons. The summed E-state index contributed by atoms with van der Waals surface area (Å²) in [7, 11) is 0. The van der Waals surface area contributed by atoms with Gasteiger partial charge in [0.25, 0.3) is 0 Å². The van der Waals surface area contributed by atoms with Crippen LogP contribution in [-0.4, -0.2) is 46.5 Å². The molecule has 0 saturated carbocycles. The fraction of sp³-hybridized carbons (Fsp3) is 0.333. The van der Waals surface area contributed by atoms with E-state index in [0.717, 1.165) is 22.5 Å². The third-order valence-corrected chi connectivity index (χ3v) is 4.17. The second-order valence-electron chi connectivity index (χ2n) is 6.12. The molecule has 0 atom stereocenters. The third kappa shape index (κ3) is 3.79. The van der Waals surface area contributed by atoms with E-state index in [4.69, 9.17) is 0 Å². The number of nitrogens with zero attached hydrogens (tertiary/aromatic N) is 2. The molecule has 0 fully saturated rings. The van der Waals surface area contributed by atoms with Gasteiger partial charge in [0.05, 0.1) is 24.6 Å². The van der Waals surface area contributed by atoms with Crippen molar-refractivity contribution in [3.8, 4) is 5.75 Å². The molecule has 0 aromatic heterocycles. The van der Waals surface area contributed by atoms with Gasteiger partial charge in [-0.1, -0.05) is 18.2 Å². The first-order valence-corrected chi connectivity index (χ1v) is 8.31. The topological polar surface area (TPSA) is 91.2 Å². The zero-order chi connectivity index (χ0) is 17.8. The number of hydrogen-bond donors (Lipinski definition) is 5. The van der Waals surface area contributed by atoms with Crippen molar-refractivity contribution in [1.82, 2.24) is 4.90 Å². The second-order valence-corrected chi connectivity index (χ2v) is 6.12. The molecule has 0 radical (unpaired) electrons. The van der Waals surface area contributed by atoms with Crippen LogP contribution in [0.2, 0.25) is 0 Å². The lowest BCUT2D eigenvalue weighted by atomic mass is 10.1. The number of benzene rings is 2. The average Bonchev–Trinajstić information content (AvgIpc) is 3.02. The summed E-state index contributed by atoms with van der Waals surface area (Å²) in [5.41, 5.74) is 10.7. The van der Waals surface area contributed by atoms with E-state index in [1.165, 1.54) is 0 Å². The molecule has 1 aliphatic rings. The summed E-state index contributed by atoms with van der Waals surface area (Å²) >= 11 is 0. The smallest absolute Gasteiger partial charge is 0.147 e. The Labute approximate surface area is 147 Å². The van der Waals surface area contributed by atoms with Gasteiger partial charge in [0.15, 0.2) is 0 Å². The number of hydrazine groups is 2. The normalized spacial score (nSPS) is 12.9. The first kappa shape index (κ1) is 17.3. The van der Waals surface area contributed by atoms with E-state index in [9.17, 15) is 15.3 Å². The molecule has 5 N–H and O–H groups in total. The molecule has 2 aromatic carbocycles. The zero-order valence-electron chi connectivity index (χ0n) is 14.2. The van der Waals surface area contributed by atoms with Crippen molar-refractivity contribution in [2.45, 2.75) is 13.5 Å². The van der Waals surface area contributed by atoms with E-state index in [0.29, 0.717) is 25.3 Å². The van der Waals surface area contributed by atoms with Gasteiger partial charge in [-0.2, -0.15) is 5.12 Å². The van der Waals surface area contributed by atoms with E-state index in [-0.39, 0.29) is 19.0 Å². The van der Waals surface area contributed by atoms with Crippen LogP contribution in [0.1, 0.15) is 11.1 Å². The van der Waals surface area contributed by atoms with Crippen molar-refractivity contribution in [1.29, 1.82) is 0 Å². The molecule has 0 saturated heterocycles. The van der Waals surface area contributed by atoms with Crippen molar-refractivity contribution in [3.05, 3.63) is 47.5 Å². The van der Waals surface area contributed by atoms with Gasteiger partial charge in [0.2, 0.25) is 0 Å². The first-order chi connectivity index (χ1) is 12.1. The number of aryl methyl sites for hydroxylation is 1. The Bertz CT molecular complexity index is 707. The highest BCUT2D eigenvalue weighted by atomic mass is 16.3. The number of phenolic OH excluding ortho intramolecular Hbond substituents is 1. The molecule has 0 spiro atoms.